The molecule has 0 aliphatic rings. The maximum Gasteiger partial charge on any atom is 0.0741 e. The molecule has 18 heavy (non-hydrogen) atoms. The van der Waals surface area contributed by atoms with Gasteiger partial charge in [0.25, 0.3) is 0 Å². The first kappa shape index (κ1) is 11.8. The summed E-state index contributed by atoms with van der Waals surface area (Å²) in [6, 6.07) is 14.0. The van der Waals surface area contributed by atoms with E-state index in [0.717, 1.165) is 32.5 Å². The zero-order valence-corrected chi connectivity index (χ0v) is 11.8. The van der Waals surface area contributed by atoms with E-state index in [1.807, 2.05) is 41.2 Å². The van der Waals surface area contributed by atoms with Crippen LogP contribution in [0.3, 0.4) is 0 Å². The Morgan fingerprint density at radius 3 is 2.83 bits per heavy atom. The number of benzene rings is 2. The fourth-order valence-electron chi connectivity index (χ4n) is 2.03. The first-order valence-electron chi connectivity index (χ1n) is 5.57. The van der Waals surface area contributed by atoms with Gasteiger partial charge in [-0.25, -0.2) is 4.68 Å². The van der Waals surface area contributed by atoms with E-state index in [4.69, 9.17) is 11.6 Å². The molecular weight excluding hydrogens is 312 g/mol. The van der Waals surface area contributed by atoms with Crippen molar-refractivity contribution in [2.45, 2.75) is 5.33 Å². The van der Waals surface area contributed by atoms with Crippen LogP contribution in [0.2, 0.25) is 5.02 Å². The van der Waals surface area contributed by atoms with Gasteiger partial charge >= 0.3 is 0 Å². The van der Waals surface area contributed by atoms with Crippen molar-refractivity contribution >= 4 is 38.4 Å². The molecule has 0 radical (unpaired) electrons. The number of nitrogens with zero attached hydrogens (tertiary/aromatic N) is 2. The van der Waals surface area contributed by atoms with Crippen molar-refractivity contribution in [2.24, 2.45) is 0 Å². The molecule has 3 rings (SSSR count). The summed E-state index contributed by atoms with van der Waals surface area (Å²) < 4.78 is 1.95. The Kier molecular flexibility index (Phi) is 3.10. The summed E-state index contributed by atoms with van der Waals surface area (Å²) in [6.45, 7) is 0. The Labute approximate surface area is 118 Å². The smallest absolute Gasteiger partial charge is 0.0741 e. The maximum atomic E-state index is 6.02. The summed E-state index contributed by atoms with van der Waals surface area (Å²) in [7, 11) is 0. The lowest BCUT2D eigenvalue weighted by Crippen LogP contribution is -1.99. The molecule has 0 amide bonds. The molecule has 0 fully saturated rings. The quantitative estimate of drug-likeness (QED) is 0.632. The third-order valence-corrected chi connectivity index (χ3v) is 3.73. The van der Waals surface area contributed by atoms with Gasteiger partial charge in [0.2, 0.25) is 0 Å². The highest BCUT2D eigenvalue weighted by Gasteiger charge is 2.08. The Morgan fingerprint density at radius 2 is 2.00 bits per heavy atom. The molecule has 1 aromatic heterocycles. The van der Waals surface area contributed by atoms with Crippen LogP contribution in [-0.2, 0) is 5.33 Å². The van der Waals surface area contributed by atoms with Gasteiger partial charge in [-0.15, -0.1) is 0 Å². The maximum absolute atomic E-state index is 6.02. The van der Waals surface area contributed by atoms with Crippen molar-refractivity contribution in [1.82, 2.24) is 9.78 Å². The number of aromatic nitrogens is 2. The molecule has 90 valence electrons. The number of alkyl halides is 1. The van der Waals surface area contributed by atoms with E-state index < -0.39 is 0 Å². The summed E-state index contributed by atoms with van der Waals surface area (Å²) in [5.41, 5.74) is 3.27. The van der Waals surface area contributed by atoms with Gasteiger partial charge in [-0.2, -0.15) is 5.10 Å². The second kappa shape index (κ2) is 4.75. The van der Waals surface area contributed by atoms with Crippen LogP contribution in [0.4, 0.5) is 0 Å². The summed E-state index contributed by atoms with van der Waals surface area (Å²) >= 11 is 9.52. The van der Waals surface area contributed by atoms with Gasteiger partial charge in [0.05, 0.1) is 17.4 Å². The van der Waals surface area contributed by atoms with E-state index in [0.29, 0.717) is 0 Å². The number of para-hydroxylation sites is 1. The van der Waals surface area contributed by atoms with Gasteiger partial charge in [-0.1, -0.05) is 45.7 Å². The van der Waals surface area contributed by atoms with Crippen LogP contribution in [0, 0.1) is 0 Å². The molecule has 2 nitrogen and oxygen atoms in total. The molecule has 0 aliphatic heterocycles. The largest absolute Gasteiger partial charge is 0.233 e. The molecule has 0 aliphatic carbocycles. The molecule has 4 heteroatoms. The Morgan fingerprint density at radius 1 is 1.17 bits per heavy atom. The van der Waals surface area contributed by atoms with Crippen molar-refractivity contribution in [3.8, 4) is 5.69 Å². The number of fused-ring (bicyclic) bond motifs is 1. The normalized spacial score (nSPS) is 11.0. The highest BCUT2D eigenvalue weighted by molar-refractivity contribution is 9.08. The highest BCUT2D eigenvalue weighted by atomic mass is 79.9. The molecule has 0 unspecified atom stereocenters. The summed E-state index contributed by atoms with van der Waals surface area (Å²) in [6.07, 6.45) is 1.88. The lowest BCUT2D eigenvalue weighted by atomic mass is 10.2. The SMILES string of the molecule is Clc1ccc(-n2ncc3ccccc32)c(CBr)c1. The molecular formula is C14H10BrClN2. The van der Waals surface area contributed by atoms with Crippen LogP contribution in [0.1, 0.15) is 5.56 Å². The molecule has 0 N–H and O–H groups in total. The fraction of sp³-hybridized carbons (Fsp3) is 0.0714. The zero-order chi connectivity index (χ0) is 12.5. The third kappa shape index (κ3) is 1.93. The minimum atomic E-state index is 0.740. The minimum Gasteiger partial charge on any atom is -0.233 e. The van der Waals surface area contributed by atoms with E-state index in [-0.39, 0.29) is 0 Å². The van der Waals surface area contributed by atoms with Gasteiger partial charge in [0.15, 0.2) is 0 Å². The van der Waals surface area contributed by atoms with E-state index in [2.05, 4.69) is 33.2 Å². The standard InChI is InChI=1S/C14H10BrClN2/c15-8-11-7-12(16)5-6-14(11)18-13-4-2-1-3-10(13)9-17-18/h1-7,9H,8H2. The predicted molar refractivity (Wildman–Crippen MR) is 78.7 cm³/mol. The lowest BCUT2D eigenvalue weighted by molar-refractivity contribution is 0.901. The highest BCUT2D eigenvalue weighted by Crippen LogP contribution is 2.25. The molecule has 0 atom stereocenters. The van der Waals surface area contributed by atoms with Gasteiger partial charge < -0.3 is 0 Å². The van der Waals surface area contributed by atoms with E-state index in [9.17, 15) is 0 Å². The second-order valence-corrected chi connectivity index (χ2v) is 5.02. The van der Waals surface area contributed by atoms with Crippen LogP contribution in [0.25, 0.3) is 16.6 Å². The van der Waals surface area contributed by atoms with Crippen molar-refractivity contribution in [3.63, 3.8) is 0 Å². The van der Waals surface area contributed by atoms with Gasteiger partial charge in [0.1, 0.15) is 0 Å². The number of hydrogen-bond acceptors (Lipinski definition) is 1. The molecule has 0 spiro atoms. The zero-order valence-electron chi connectivity index (χ0n) is 9.48. The van der Waals surface area contributed by atoms with Gasteiger partial charge in [-0.05, 0) is 29.8 Å². The molecule has 2 aromatic carbocycles. The van der Waals surface area contributed by atoms with E-state index >= 15 is 0 Å². The van der Waals surface area contributed by atoms with Crippen LogP contribution >= 0.6 is 27.5 Å². The van der Waals surface area contributed by atoms with Gasteiger partial charge in [-0.3, -0.25) is 0 Å². The van der Waals surface area contributed by atoms with Crippen LogP contribution in [0.15, 0.2) is 48.7 Å². The summed E-state index contributed by atoms with van der Waals surface area (Å²) in [4.78, 5) is 0. The van der Waals surface area contributed by atoms with Crippen molar-refractivity contribution in [2.75, 3.05) is 0 Å². The average Bonchev–Trinajstić information content (AvgIpc) is 2.82. The number of rotatable bonds is 2. The first-order valence-corrected chi connectivity index (χ1v) is 7.07. The van der Waals surface area contributed by atoms with E-state index in [1.165, 1.54) is 0 Å². The van der Waals surface area contributed by atoms with E-state index in [1.54, 1.807) is 0 Å². The molecule has 0 bridgehead atoms. The minimum absolute atomic E-state index is 0.740. The molecule has 0 saturated carbocycles. The van der Waals surface area contributed by atoms with Crippen molar-refractivity contribution in [3.05, 3.63) is 59.2 Å². The predicted octanol–water partition coefficient (Wildman–Crippen LogP) is 4.57. The molecule has 3 aromatic rings. The van der Waals surface area contributed by atoms with Crippen LogP contribution in [-0.4, -0.2) is 9.78 Å². The second-order valence-electron chi connectivity index (χ2n) is 4.02. The van der Waals surface area contributed by atoms with Crippen LogP contribution < -0.4 is 0 Å². The van der Waals surface area contributed by atoms with Crippen molar-refractivity contribution < 1.29 is 0 Å². The van der Waals surface area contributed by atoms with Gasteiger partial charge in [0, 0.05) is 15.7 Å². The topological polar surface area (TPSA) is 17.8 Å². The number of halogens is 2. The number of hydrogen-bond donors (Lipinski definition) is 0. The first-order chi connectivity index (χ1) is 8.79. The summed E-state index contributed by atoms with van der Waals surface area (Å²) in [5.74, 6) is 0. The monoisotopic (exact) mass is 320 g/mol. The van der Waals surface area contributed by atoms with Crippen molar-refractivity contribution in [1.29, 1.82) is 0 Å². The van der Waals surface area contributed by atoms with Crippen LogP contribution in [0.5, 0.6) is 0 Å². The molecule has 0 saturated heterocycles. The average molecular weight is 322 g/mol. The Hall–Kier alpha value is -1.32. The Balaban J connectivity index is 2.26. The third-order valence-electron chi connectivity index (χ3n) is 2.89. The fourth-order valence-corrected chi connectivity index (χ4v) is 2.68. The summed E-state index contributed by atoms with van der Waals surface area (Å²) in [5, 5.41) is 7.08. The molecule has 1 heterocycles. The lowest BCUT2D eigenvalue weighted by Gasteiger charge is -2.09. The Bertz CT molecular complexity index is 706.